The maximum Gasteiger partial charge on any atom is 0.337 e. The van der Waals surface area contributed by atoms with Crippen molar-refractivity contribution < 1.29 is 28.6 Å². The molecule has 0 radical (unpaired) electrons. The van der Waals surface area contributed by atoms with Gasteiger partial charge in [-0.25, -0.2) is 4.79 Å². The number of esters is 2. The average molecular weight is 344 g/mol. The molecular weight excluding hydrogens is 324 g/mol. The maximum atomic E-state index is 13.1. The Labute approximate surface area is 144 Å². The minimum Gasteiger partial charge on any atom is -0.472 e. The summed E-state index contributed by atoms with van der Waals surface area (Å²) in [4.78, 5) is 25.3. The molecule has 1 spiro atoms. The number of rotatable bonds is 1. The number of hydrogen-bond acceptors (Lipinski definition) is 6. The Morgan fingerprint density at radius 3 is 2.80 bits per heavy atom. The molecule has 25 heavy (non-hydrogen) atoms. The van der Waals surface area contributed by atoms with E-state index in [0.29, 0.717) is 31.3 Å². The first kappa shape index (κ1) is 15.2. The molecule has 132 valence electrons. The molecule has 2 aliphatic heterocycles. The molecule has 1 saturated heterocycles. The second-order valence-electron chi connectivity index (χ2n) is 7.74. The molecule has 2 aliphatic carbocycles. The normalized spacial score (nSPS) is 42.6. The second kappa shape index (κ2) is 4.97. The van der Waals surface area contributed by atoms with Gasteiger partial charge in [0.05, 0.1) is 29.6 Å². The fraction of sp³-hybridized carbons (Fsp3) is 0.579. The van der Waals surface area contributed by atoms with Crippen LogP contribution in [0.3, 0.4) is 0 Å². The number of furan rings is 1. The second-order valence-corrected chi connectivity index (χ2v) is 7.74. The van der Waals surface area contributed by atoms with E-state index in [0.717, 1.165) is 11.1 Å². The SMILES string of the molecule is C[C@@H]1C[C@@H]2OC(=O)C3=C2[C@H](CC[C@H]3O)[C@@]12C[C@@H](c1ccoc1)OC2=O. The molecule has 6 heteroatoms. The standard InChI is InChI=1S/C19H20O6/c1-9-6-13-15-11(2-3-12(20)16(15)17(21)24-13)19(9)7-14(25-18(19)22)10-4-5-23-8-10/h4-5,8-9,11-14,20H,2-3,6-7H2,1H3/t9-,11+,12-,13+,14+,19-/m1/s1. The predicted molar refractivity (Wildman–Crippen MR) is 84.0 cm³/mol. The number of aliphatic hydroxyl groups is 1. The summed E-state index contributed by atoms with van der Waals surface area (Å²) in [5.74, 6) is -0.676. The van der Waals surface area contributed by atoms with Crippen molar-refractivity contribution in [3.8, 4) is 0 Å². The first-order valence-corrected chi connectivity index (χ1v) is 8.88. The van der Waals surface area contributed by atoms with Gasteiger partial charge in [0, 0.05) is 17.9 Å². The van der Waals surface area contributed by atoms with Crippen molar-refractivity contribution >= 4 is 11.9 Å². The lowest BCUT2D eigenvalue weighted by Gasteiger charge is -2.47. The van der Waals surface area contributed by atoms with Gasteiger partial charge in [-0.15, -0.1) is 0 Å². The fourth-order valence-corrected chi connectivity index (χ4v) is 5.50. The van der Waals surface area contributed by atoms with Crippen LogP contribution in [0.15, 0.2) is 34.2 Å². The zero-order valence-electron chi connectivity index (χ0n) is 13.9. The van der Waals surface area contributed by atoms with Crippen molar-refractivity contribution in [2.45, 2.75) is 50.9 Å². The third-order valence-electron chi connectivity index (χ3n) is 6.70. The summed E-state index contributed by atoms with van der Waals surface area (Å²) in [6.07, 6.45) is 4.11. The lowest BCUT2D eigenvalue weighted by molar-refractivity contribution is -0.156. The van der Waals surface area contributed by atoms with Gasteiger partial charge in [-0.3, -0.25) is 4.79 Å². The first-order chi connectivity index (χ1) is 12.0. The number of aliphatic hydroxyl groups excluding tert-OH is 1. The zero-order chi connectivity index (χ0) is 17.3. The number of carbonyl (C=O) groups excluding carboxylic acids is 2. The van der Waals surface area contributed by atoms with Gasteiger partial charge in [0.25, 0.3) is 0 Å². The van der Waals surface area contributed by atoms with E-state index in [4.69, 9.17) is 13.9 Å². The minimum atomic E-state index is -0.781. The van der Waals surface area contributed by atoms with E-state index in [1.54, 1.807) is 12.5 Å². The first-order valence-electron chi connectivity index (χ1n) is 8.88. The number of hydrogen-bond donors (Lipinski definition) is 1. The minimum absolute atomic E-state index is 0.0399. The van der Waals surface area contributed by atoms with Gasteiger partial charge in [-0.1, -0.05) is 6.92 Å². The number of cyclic esters (lactones) is 1. The van der Waals surface area contributed by atoms with E-state index < -0.39 is 17.5 Å². The Balaban J connectivity index is 1.61. The van der Waals surface area contributed by atoms with Crippen molar-refractivity contribution in [1.29, 1.82) is 0 Å². The fourth-order valence-electron chi connectivity index (χ4n) is 5.50. The molecule has 6 atom stereocenters. The van der Waals surface area contributed by atoms with Crippen LogP contribution in [-0.2, 0) is 19.1 Å². The molecular formula is C19H20O6. The highest BCUT2D eigenvalue weighted by Crippen LogP contribution is 2.62. The summed E-state index contributed by atoms with van der Waals surface area (Å²) in [5, 5.41) is 10.3. The van der Waals surface area contributed by atoms with E-state index in [2.05, 4.69) is 0 Å². The third-order valence-corrected chi connectivity index (χ3v) is 6.70. The summed E-state index contributed by atoms with van der Waals surface area (Å²) < 4.78 is 16.4. The monoisotopic (exact) mass is 344 g/mol. The highest BCUT2D eigenvalue weighted by Gasteiger charge is 2.64. The lowest BCUT2D eigenvalue weighted by Crippen LogP contribution is -2.50. The molecule has 6 nitrogen and oxygen atoms in total. The molecule has 0 amide bonds. The summed E-state index contributed by atoms with van der Waals surface area (Å²) in [6.45, 7) is 2.05. The van der Waals surface area contributed by atoms with Crippen molar-refractivity contribution in [3.63, 3.8) is 0 Å². The topological polar surface area (TPSA) is 86.0 Å². The quantitative estimate of drug-likeness (QED) is 0.787. The predicted octanol–water partition coefficient (Wildman–Crippen LogP) is 2.29. The Morgan fingerprint density at radius 2 is 2.04 bits per heavy atom. The van der Waals surface area contributed by atoms with Gasteiger partial charge in [-0.05, 0) is 36.8 Å². The van der Waals surface area contributed by atoms with E-state index in [-0.39, 0.29) is 30.0 Å². The summed E-state index contributed by atoms with van der Waals surface area (Å²) in [6, 6.07) is 1.82. The highest BCUT2D eigenvalue weighted by molar-refractivity contribution is 5.95. The Kier molecular flexibility index (Phi) is 3.02. The van der Waals surface area contributed by atoms with Crippen LogP contribution in [0, 0.1) is 17.3 Å². The average Bonchev–Trinajstić information content (AvgIpc) is 3.27. The molecule has 1 aromatic heterocycles. The van der Waals surface area contributed by atoms with Crippen LogP contribution >= 0.6 is 0 Å². The Hall–Kier alpha value is -2.08. The summed E-state index contributed by atoms with van der Waals surface area (Å²) >= 11 is 0. The largest absolute Gasteiger partial charge is 0.472 e. The smallest absolute Gasteiger partial charge is 0.337 e. The van der Waals surface area contributed by atoms with Gasteiger partial charge in [-0.2, -0.15) is 0 Å². The van der Waals surface area contributed by atoms with Gasteiger partial charge in [0.2, 0.25) is 0 Å². The molecule has 2 fully saturated rings. The molecule has 0 aromatic carbocycles. The van der Waals surface area contributed by atoms with Gasteiger partial charge < -0.3 is 19.0 Å². The van der Waals surface area contributed by atoms with E-state index in [1.165, 1.54) is 0 Å². The van der Waals surface area contributed by atoms with Crippen molar-refractivity contribution in [2.75, 3.05) is 0 Å². The van der Waals surface area contributed by atoms with Crippen LogP contribution in [-0.4, -0.2) is 29.3 Å². The highest BCUT2D eigenvalue weighted by atomic mass is 16.6. The van der Waals surface area contributed by atoms with E-state index in [1.807, 2.05) is 13.0 Å². The molecule has 5 rings (SSSR count). The molecule has 1 N–H and O–H groups in total. The molecule has 3 heterocycles. The zero-order valence-corrected chi connectivity index (χ0v) is 13.9. The molecule has 0 unspecified atom stereocenters. The lowest BCUT2D eigenvalue weighted by atomic mass is 9.53. The van der Waals surface area contributed by atoms with Crippen molar-refractivity contribution in [3.05, 3.63) is 35.3 Å². The van der Waals surface area contributed by atoms with Crippen LogP contribution in [0.4, 0.5) is 0 Å². The maximum absolute atomic E-state index is 13.1. The van der Waals surface area contributed by atoms with Crippen LogP contribution in [0.2, 0.25) is 0 Å². The Morgan fingerprint density at radius 1 is 1.20 bits per heavy atom. The number of ether oxygens (including phenoxy) is 2. The van der Waals surface area contributed by atoms with Crippen LogP contribution < -0.4 is 0 Å². The third kappa shape index (κ3) is 1.83. The van der Waals surface area contributed by atoms with E-state index >= 15 is 0 Å². The van der Waals surface area contributed by atoms with Gasteiger partial charge >= 0.3 is 11.9 Å². The molecule has 0 bridgehead atoms. The van der Waals surface area contributed by atoms with Crippen LogP contribution in [0.5, 0.6) is 0 Å². The van der Waals surface area contributed by atoms with Gasteiger partial charge in [0.1, 0.15) is 12.2 Å². The van der Waals surface area contributed by atoms with Gasteiger partial charge in [0.15, 0.2) is 0 Å². The molecule has 1 saturated carbocycles. The molecule has 1 aromatic rings. The Bertz CT molecular complexity index is 778. The number of fused-ring (bicyclic) bond motifs is 1. The van der Waals surface area contributed by atoms with Crippen molar-refractivity contribution in [2.24, 2.45) is 17.3 Å². The van der Waals surface area contributed by atoms with Crippen LogP contribution in [0.1, 0.15) is 44.3 Å². The summed E-state index contributed by atoms with van der Waals surface area (Å²) in [5.41, 5.74) is 1.45. The van der Waals surface area contributed by atoms with Crippen molar-refractivity contribution in [1.82, 2.24) is 0 Å². The summed E-state index contributed by atoms with van der Waals surface area (Å²) in [7, 11) is 0. The van der Waals surface area contributed by atoms with Crippen LogP contribution in [0.25, 0.3) is 0 Å². The molecule has 4 aliphatic rings. The van der Waals surface area contributed by atoms with E-state index in [9.17, 15) is 14.7 Å². The number of carbonyl (C=O) groups is 2.